The Kier molecular flexibility index (Phi) is 2.24. The first-order valence-electron chi connectivity index (χ1n) is 4.32. The zero-order valence-electron chi connectivity index (χ0n) is 8.06. The maximum atomic E-state index is 11.3. The van der Waals surface area contributed by atoms with Crippen LogP contribution >= 0.6 is 0 Å². The van der Waals surface area contributed by atoms with E-state index in [0.29, 0.717) is 11.6 Å². The van der Waals surface area contributed by atoms with Crippen molar-refractivity contribution in [2.75, 3.05) is 18.6 Å². The van der Waals surface area contributed by atoms with E-state index in [1.807, 2.05) is 0 Å². The van der Waals surface area contributed by atoms with E-state index in [0.717, 1.165) is 0 Å². The summed E-state index contributed by atoms with van der Waals surface area (Å²) in [5, 5.41) is 2.18. The number of urea groups is 1. The summed E-state index contributed by atoms with van der Waals surface area (Å²) in [4.78, 5) is 27.5. The lowest BCUT2D eigenvalue weighted by Gasteiger charge is -2.12. The molecule has 0 unspecified atom stereocenters. The van der Waals surface area contributed by atoms with Gasteiger partial charge >= 0.3 is 6.03 Å². The predicted octanol–water partition coefficient (Wildman–Crippen LogP) is 0.146. The zero-order valence-corrected chi connectivity index (χ0v) is 8.06. The third-order valence-corrected chi connectivity index (χ3v) is 2.03. The molecule has 1 aliphatic rings. The SMILES string of the molecule is COc1ccc(N2CC(=O)NC2=O)cn1. The van der Waals surface area contributed by atoms with Gasteiger partial charge in [0.05, 0.1) is 19.0 Å². The van der Waals surface area contributed by atoms with Gasteiger partial charge in [-0.25, -0.2) is 9.78 Å². The highest BCUT2D eigenvalue weighted by Gasteiger charge is 2.27. The van der Waals surface area contributed by atoms with E-state index < -0.39 is 6.03 Å². The van der Waals surface area contributed by atoms with E-state index in [2.05, 4.69) is 10.3 Å². The van der Waals surface area contributed by atoms with Gasteiger partial charge in [0.1, 0.15) is 6.54 Å². The van der Waals surface area contributed by atoms with Crippen LogP contribution in [0.4, 0.5) is 10.5 Å². The van der Waals surface area contributed by atoms with Crippen molar-refractivity contribution in [3.05, 3.63) is 18.3 Å². The number of hydrogen-bond donors (Lipinski definition) is 1. The molecule has 1 aliphatic heterocycles. The van der Waals surface area contributed by atoms with Gasteiger partial charge in [0, 0.05) is 6.07 Å². The molecule has 2 rings (SSSR count). The Morgan fingerprint density at radius 2 is 2.27 bits per heavy atom. The lowest BCUT2D eigenvalue weighted by Crippen LogP contribution is -2.27. The van der Waals surface area contributed by atoms with Crippen molar-refractivity contribution in [2.45, 2.75) is 0 Å². The molecule has 78 valence electrons. The fourth-order valence-electron chi connectivity index (χ4n) is 1.30. The quantitative estimate of drug-likeness (QED) is 0.700. The molecule has 1 N–H and O–H groups in total. The molecule has 1 aromatic rings. The molecule has 1 aromatic heterocycles. The molecule has 0 atom stereocenters. The highest BCUT2D eigenvalue weighted by Crippen LogP contribution is 2.17. The van der Waals surface area contributed by atoms with Gasteiger partial charge in [-0.2, -0.15) is 0 Å². The Morgan fingerprint density at radius 3 is 2.73 bits per heavy atom. The van der Waals surface area contributed by atoms with Gasteiger partial charge in [-0.05, 0) is 6.07 Å². The summed E-state index contributed by atoms with van der Waals surface area (Å²) in [6, 6.07) is 2.88. The summed E-state index contributed by atoms with van der Waals surface area (Å²) >= 11 is 0. The summed E-state index contributed by atoms with van der Waals surface area (Å²) < 4.78 is 4.88. The van der Waals surface area contributed by atoms with E-state index in [1.165, 1.54) is 18.2 Å². The normalized spacial score (nSPS) is 15.4. The van der Waals surface area contributed by atoms with Gasteiger partial charge in [-0.15, -0.1) is 0 Å². The second-order valence-corrected chi connectivity index (χ2v) is 3.00. The molecule has 15 heavy (non-hydrogen) atoms. The van der Waals surface area contributed by atoms with Crippen molar-refractivity contribution in [1.82, 2.24) is 10.3 Å². The van der Waals surface area contributed by atoms with Crippen LogP contribution in [0.5, 0.6) is 5.88 Å². The van der Waals surface area contributed by atoms with Crippen LogP contribution in [-0.2, 0) is 4.79 Å². The third-order valence-electron chi connectivity index (χ3n) is 2.03. The Morgan fingerprint density at radius 1 is 1.47 bits per heavy atom. The van der Waals surface area contributed by atoms with E-state index in [9.17, 15) is 9.59 Å². The molecule has 0 bridgehead atoms. The molecule has 1 saturated heterocycles. The topological polar surface area (TPSA) is 71.5 Å². The number of ether oxygens (including phenoxy) is 1. The van der Waals surface area contributed by atoms with Crippen molar-refractivity contribution in [3.63, 3.8) is 0 Å². The summed E-state index contributed by atoms with van der Waals surface area (Å²) in [5.41, 5.74) is 0.569. The molecule has 6 nitrogen and oxygen atoms in total. The summed E-state index contributed by atoms with van der Waals surface area (Å²) in [6.45, 7) is 0.0346. The van der Waals surface area contributed by atoms with Crippen LogP contribution in [0.15, 0.2) is 18.3 Å². The Hall–Kier alpha value is -2.11. The molecule has 0 spiro atoms. The van der Waals surface area contributed by atoms with Gasteiger partial charge in [-0.3, -0.25) is 15.0 Å². The van der Waals surface area contributed by atoms with Gasteiger partial charge in [0.2, 0.25) is 11.8 Å². The van der Waals surface area contributed by atoms with Crippen molar-refractivity contribution in [1.29, 1.82) is 0 Å². The fraction of sp³-hybridized carbons (Fsp3) is 0.222. The molecule has 0 radical (unpaired) electrons. The average molecular weight is 207 g/mol. The number of pyridine rings is 1. The first kappa shape index (κ1) is 9.45. The molecule has 6 heteroatoms. The third kappa shape index (κ3) is 1.74. The highest BCUT2D eigenvalue weighted by atomic mass is 16.5. The minimum atomic E-state index is -0.424. The number of anilines is 1. The van der Waals surface area contributed by atoms with Crippen LogP contribution in [0.3, 0.4) is 0 Å². The smallest absolute Gasteiger partial charge is 0.329 e. The maximum absolute atomic E-state index is 11.3. The number of amides is 3. The standard InChI is InChI=1S/C9H9N3O3/c1-15-8-3-2-6(4-10-8)12-5-7(13)11-9(12)14/h2-4H,5H2,1H3,(H,11,13,14). The molecule has 0 aliphatic carbocycles. The molecule has 2 heterocycles. The van der Waals surface area contributed by atoms with Crippen LogP contribution in [-0.4, -0.2) is 30.6 Å². The summed E-state index contributed by atoms with van der Waals surface area (Å²) in [5.74, 6) is 0.153. The van der Waals surface area contributed by atoms with Crippen LogP contribution < -0.4 is 15.0 Å². The number of nitrogens with one attached hydrogen (secondary N) is 1. The molecule has 0 aromatic carbocycles. The van der Waals surface area contributed by atoms with Crippen molar-refractivity contribution >= 4 is 17.6 Å². The number of methoxy groups -OCH3 is 1. The van der Waals surface area contributed by atoms with Crippen molar-refractivity contribution in [2.24, 2.45) is 0 Å². The van der Waals surface area contributed by atoms with Crippen LogP contribution in [0.25, 0.3) is 0 Å². The maximum Gasteiger partial charge on any atom is 0.329 e. The van der Waals surface area contributed by atoms with Crippen molar-refractivity contribution < 1.29 is 14.3 Å². The van der Waals surface area contributed by atoms with E-state index in [-0.39, 0.29) is 12.5 Å². The van der Waals surface area contributed by atoms with Gasteiger partial charge < -0.3 is 4.74 Å². The average Bonchev–Trinajstić information content (AvgIpc) is 2.58. The molecular formula is C9H9N3O3. The number of aromatic nitrogens is 1. The monoisotopic (exact) mass is 207 g/mol. The molecule has 3 amide bonds. The Bertz CT molecular complexity index is 402. The largest absolute Gasteiger partial charge is 0.481 e. The first-order chi connectivity index (χ1) is 7.20. The molecular weight excluding hydrogens is 198 g/mol. The van der Waals surface area contributed by atoms with Crippen LogP contribution in [0.1, 0.15) is 0 Å². The fourth-order valence-corrected chi connectivity index (χ4v) is 1.30. The van der Waals surface area contributed by atoms with Gasteiger partial charge in [0.25, 0.3) is 0 Å². The number of hydrogen-bond acceptors (Lipinski definition) is 4. The predicted molar refractivity (Wildman–Crippen MR) is 51.7 cm³/mol. The molecule has 1 fully saturated rings. The lowest BCUT2D eigenvalue weighted by molar-refractivity contribution is -0.117. The minimum Gasteiger partial charge on any atom is -0.481 e. The number of imide groups is 1. The van der Waals surface area contributed by atoms with Crippen molar-refractivity contribution in [3.8, 4) is 5.88 Å². The van der Waals surface area contributed by atoms with Gasteiger partial charge in [-0.1, -0.05) is 0 Å². The second kappa shape index (κ2) is 3.56. The zero-order chi connectivity index (χ0) is 10.8. The lowest BCUT2D eigenvalue weighted by atomic mass is 10.4. The number of carbonyl (C=O) groups excluding carboxylic acids is 2. The Balaban J connectivity index is 2.22. The minimum absolute atomic E-state index is 0.0346. The van der Waals surface area contributed by atoms with Crippen LogP contribution in [0, 0.1) is 0 Å². The first-order valence-corrected chi connectivity index (χ1v) is 4.32. The van der Waals surface area contributed by atoms with E-state index in [4.69, 9.17) is 4.74 Å². The molecule has 0 saturated carbocycles. The summed E-state index contributed by atoms with van der Waals surface area (Å²) in [7, 11) is 1.51. The second-order valence-electron chi connectivity index (χ2n) is 3.00. The number of rotatable bonds is 2. The van der Waals surface area contributed by atoms with Crippen LogP contribution in [0.2, 0.25) is 0 Å². The van der Waals surface area contributed by atoms with E-state index >= 15 is 0 Å². The number of nitrogens with zero attached hydrogens (tertiary/aromatic N) is 2. The van der Waals surface area contributed by atoms with E-state index in [1.54, 1.807) is 12.1 Å². The number of carbonyl (C=O) groups is 2. The van der Waals surface area contributed by atoms with Gasteiger partial charge in [0.15, 0.2) is 0 Å². The highest BCUT2D eigenvalue weighted by molar-refractivity contribution is 6.12. The Labute approximate surface area is 85.9 Å². The summed E-state index contributed by atoms with van der Waals surface area (Å²) in [6.07, 6.45) is 1.48.